The number of carbonyl (C=O) groups is 2. The van der Waals surface area contributed by atoms with Crippen LogP contribution in [0, 0.1) is 0 Å². The van der Waals surface area contributed by atoms with Gasteiger partial charge in [-0.25, -0.2) is 0 Å². The number of nitrogens with zero attached hydrogens (tertiary/aromatic N) is 1. The fourth-order valence-corrected chi connectivity index (χ4v) is 9.54. The van der Waals surface area contributed by atoms with Gasteiger partial charge in [-0.1, -0.05) is 247 Å². The van der Waals surface area contributed by atoms with E-state index in [9.17, 15) is 19.0 Å². The summed E-state index contributed by atoms with van der Waals surface area (Å²) in [6, 6.07) is -0.917. The summed E-state index contributed by atoms with van der Waals surface area (Å²) in [6.45, 7) is 6.69. The quantitative estimate of drug-likeness (QED) is 0.0212. The maximum absolute atomic E-state index is 13.5. The van der Waals surface area contributed by atoms with Crippen LogP contribution >= 0.6 is 7.82 Å². The van der Waals surface area contributed by atoms with Crippen molar-refractivity contribution in [2.45, 2.75) is 283 Å². The van der Waals surface area contributed by atoms with Gasteiger partial charge in [-0.2, -0.15) is 0 Å². The third kappa shape index (κ3) is 57.6. The fraction of sp³-hybridized carbons (Fsp3) is 0.735. The number of esters is 1. The molecular weight excluding hydrogens is 988 g/mol. The summed E-state index contributed by atoms with van der Waals surface area (Å²) in [6.07, 6.45) is 76.6. The minimum atomic E-state index is -4.72. The van der Waals surface area contributed by atoms with Gasteiger partial charge in [-0.3, -0.25) is 14.2 Å². The molecule has 0 saturated heterocycles. The lowest BCUT2D eigenvalue weighted by atomic mass is 10.0. The molecule has 3 unspecified atom stereocenters. The Labute approximate surface area is 481 Å². The second kappa shape index (κ2) is 57.2. The molecule has 0 bridgehead atoms. The number of rotatable bonds is 57. The van der Waals surface area contributed by atoms with Crippen molar-refractivity contribution in [2.24, 2.45) is 0 Å². The lowest BCUT2D eigenvalue weighted by Crippen LogP contribution is -2.47. The third-order valence-corrected chi connectivity index (χ3v) is 14.7. The van der Waals surface area contributed by atoms with Gasteiger partial charge in [0.25, 0.3) is 7.82 Å². The summed E-state index contributed by atoms with van der Waals surface area (Å²) in [5.74, 6) is -0.595. The van der Waals surface area contributed by atoms with E-state index in [1.807, 2.05) is 33.3 Å². The molecule has 0 fully saturated rings. The van der Waals surface area contributed by atoms with E-state index in [2.05, 4.69) is 111 Å². The number of hydrogen-bond acceptors (Lipinski definition) is 7. The molecule has 0 aliphatic rings. The first-order valence-corrected chi connectivity index (χ1v) is 33.5. The molecule has 0 rings (SSSR count). The van der Waals surface area contributed by atoms with Crippen LogP contribution in [-0.4, -0.2) is 69.4 Å². The normalized spacial score (nSPS) is 14.3. The zero-order chi connectivity index (χ0) is 57.2. The molecule has 1 amide bonds. The van der Waals surface area contributed by atoms with Gasteiger partial charge in [-0.05, 0) is 109 Å². The molecule has 0 heterocycles. The number of ether oxygens (including phenoxy) is 1. The highest BCUT2D eigenvalue weighted by Crippen LogP contribution is 2.38. The van der Waals surface area contributed by atoms with Crippen LogP contribution in [0.2, 0.25) is 0 Å². The zero-order valence-corrected chi connectivity index (χ0v) is 52.2. The Morgan fingerprint density at radius 3 is 1.26 bits per heavy atom. The molecule has 0 aliphatic heterocycles. The van der Waals surface area contributed by atoms with E-state index in [1.54, 1.807) is 0 Å². The number of amides is 1. The van der Waals surface area contributed by atoms with Crippen LogP contribution in [0.25, 0.3) is 0 Å². The minimum Gasteiger partial charge on any atom is -0.756 e. The molecule has 0 saturated carbocycles. The number of phosphoric ester groups is 1. The number of carbonyl (C=O) groups excluding carboxylic acids is 2. The largest absolute Gasteiger partial charge is 0.756 e. The second-order valence-corrected chi connectivity index (χ2v) is 23.9. The Kier molecular flexibility index (Phi) is 54.9. The summed E-state index contributed by atoms with van der Waals surface area (Å²) in [5, 5.41) is 3.00. The van der Waals surface area contributed by atoms with E-state index >= 15 is 0 Å². The highest BCUT2D eigenvalue weighted by atomic mass is 31.2. The molecule has 0 aromatic carbocycles. The highest BCUT2D eigenvalue weighted by molar-refractivity contribution is 7.45. The minimum absolute atomic E-state index is 0.0352. The predicted molar refractivity (Wildman–Crippen MR) is 334 cm³/mol. The Hall–Kier alpha value is -3.07. The van der Waals surface area contributed by atoms with Gasteiger partial charge in [0.05, 0.1) is 33.8 Å². The highest BCUT2D eigenvalue weighted by Gasteiger charge is 2.27. The van der Waals surface area contributed by atoms with Crippen molar-refractivity contribution in [3.05, 3.63) is 97.2 Å². The Bertz CT molecular complexity index is 1660. The van der Waals surface area contributed by atoms with Crippen molar-refractivity contribution in [1.29, 1.82) is 0 Å². The van der Waals surface area contributed by atoms with Gasteiger partial charge in [0.2, 0.25) is 5.91 Å². The third-order valence-electron chi connectivity index (χ3n) is 13.7. The average Bonchev–Trinajstić information content (AvgIpc) is 3.40. The molecule has 450 valence electrons. The molecule has 1 N–H and O–H groups in total. The van der Waals surface area contributed by atoms with Gasteiger partial charge in [0.15, 0.2) is 0 Å². The number of quaternary nitrogens is 1. The summed E-state index contributed by atoms with van der Waals surface area (Å²) in [5.41, 5.74) is 0. The molecule has 3 atom stereocenters. The molecule has 0 radical (unpaired) electrons. The van der Waals surface area contributed by atoms with Crippen LogP contribution in [0.1, 0.15) is 271 Å². The summed E-state index contributed by atoms with van der Waals surface area (Å²) in [4.78, 5) is 40.0. The first-order chi connectivity index (χ1) is 37.9. The number of phosphoric acid groups is 1. The molecule has 0 aromatic rings. The predicted octanol–water partition coefficient (Wildman–Crippen LogP) is 19.3. The van der Waals surface area contributed by atoms with E-state index in [4.69, 9.17) is 13.8 Å². The summed E-state index contributed by atoms with van der Waals surface area (Å²) in [7, 11) is 1.15. The average molecular weight is 1110 g/mol. The summed E-state index contributed by atoms with van der Waals surface area (Å²) < 4.78 is 30.3. The van der Waals surface area contributed by atoms with Crippen LogP contribution in [0.3, 0.4) is 0 Å². The van der Waals surface area contributed by atoms with Crippen LogP contribution in [0.4, 0.5) is 0 Å². The Morgan fingerprint density at radius 1 is 0.462 bits per heavy atom. The standard InChI is InChI=1S/C68H121N2O7P/c1-7-10-13-16-19-22-25-28-30-32-34-35-37-38-40-42-45-48-51-54-57-60-67(71)69-65(64-76-78(73,74)75-63-62-70(4,5)6)66(59-56-53-50-47-44-27-24-21-18-15-12-9-3)77-68(72)61-58-55-52-49-46-43-41-39-36-33-31-29-26-23-20-17-14-11-8-2/h10,13,19,22,28-31,34-35,38,40,45,48,56,59,65-66H,7-9,11-12,14-18,20-21,23-27,32-33,36-37,39,41-44,46-47,49-55,57-58,60-64H2,1-6H3,(H-,69,71,73,74)/b13-10-,22-19-,30-28-,31-29+,35-34-,40-38-,48-45-,59-56+. The number of nitrogens with one attached hydrogen (secondary N) is 1. The first-order valence-electron chi connectivity index (χ1n) is 32.0. The summed E-state index contributed by atoms with van der Waals surface area (Å²) >= 11 is 0. The van der Waals surface area contributed by atoms with Gasteiger partial charge < -0.3 is 28.5 Å². The lowest BCUT2D eigenvalue weighted by molar-refractivity contribution is -0.870. The Morgan fingerprint density at radius 2 is 0.821 bits per heavy atom. The van der Waals surface area contributed by atoms with E-state index in [0.29, 0.717) is 17.4 Å². The van der Waals surface area contributed by atoms with Crippen molar-refractivity contribution in [3.63, 3.8) is 0 Å². The molecule has 9 nitrogen and oxygen atoms in total. The maximum Gasteiger partial charge on any atom is 0.306 e. The Balaban J connectivity index is 5.31. The number of likely N-dealkylation sites (N-methyl/N-ethyl adjacent to an activating group) is 1. The zero-order valence-electron chi connectivity index (χ0n) is 51.3. The molecule has 0 spiro atoms. The molecule has 0 aromatic heterocycles. The fourth-order valence-electron chi connectivity index (χ4n) is 8.81. The van der Waals surface area contributed by atoms with Crippen molar-refractivity contribution < 1.29 is 37.3 Å². The molecule has 0 aliphatic carbocycles. The van der Waals surface area contributed by atoms with Crippen molar-refractivity contribution in [1.82, 2.24) is 5.32 Å². The topological polar surface area (TPSA) is 114 Å². The van der Waals surface area contributed by atoms with E-state index in [0.717, 1.165) is 96.3 Å². The van der Waals surface area contributed by atoms with E-state index in [1.165, 1.54) is 135 Å². The van der Waals surface area contributed by atoms with Crippen LogP contribution in [0.15, 0.2) is 97.2 Å². The monoisotopic (exact) mass is 1110 g/mol. The second-order valence-electron chi connectivity index (χ2n) is 22.5. The maximum atomic E-state index is 13.5. The number of hydrogen-bond donors (Lipinski definition) is 1. The lowest BCUT2D eigenvalue weighted by Gasteiger charge is -2.30. The van der Waals surface area contributed by atoms with Crippen molar-refractivity contribution >= 4 is 19.7 Å². The molecule has 78 heavy (non-hydrogen) atoms. The smallest absolute Gasteiger partial charge is 0.306 e. The van der Waals surface area contributed by atoms with Crippen LogP contribution < -0.4 is 10.2 Å². The van der Waals surface area contributed by atoms with Crippen molar-refractivity contribution in [2.75, 3.05) is 40.9 Å². The number of allylic oxidation sites excluding steroid dienone is 15. The van der Waals surface area contributed by atoms with Gasteiger partial charge in [-0.15, -0.1) is 0 Å². The molecule has 10 heteroatoms. The van der Waals surface area contributed by atoms with E-state index in [-0.39, 0.29) is 31.3 Å². The van der Waals surface area contributed by atoms with E-state index < -0.39 is 26.6 Å². The molecular formula is C68H121N2O7P. The van der Waals surface area contributed by atoms with Crippen molar-refractivity contribution in [3.8, 4) is 0 Å². The van der Waals surface area contributed by atoms with Crippen LogP contribution in [-0.2, 0) is 27.9 Å². The van der Waals surface area contributed by atoms with Crippen LogP contribution in [0.5, 0.6) is 0 Å². The SMILES string of the molecule is CC/C=C\C/C=C\C/C=C\C/C=C\C/C=C\C/C=C\CCCCC(=O)NC(COP(=O)([O-])OCC[N+](C)(C)C)C(/C=C/CCCCCCCCCCCC)OC(=O)CCCCCCCCCCC/C=C/CCCCCCCC. The van der Waals surface area contributed by atoms with Gasteiger partial charge in [0, 0.05) is 12.8 Å². The first kappa shape index (κ1) is 74.9. The van der Waals surface area contributed by atoms with Gasteiger partial charge in [0.1, 0.15) is 19.3 Å². The number of unbranched alkanes of at least 4 members (excludes halogenated alkanes) is 27. The van der Waals surface area contributed by atoms with Gasteiger partial charge >= 0.3 is 5.97 Å².